The summed E-state index contributed by atoms with van der Waals surface area (Å²) < 4.78 is 0. The molecule has 27 heavy (non-hydrogen) atoms. The number of nitrogens with one attached hydrogen (secondary N) is 2. The van der Waals surface area contributed by atoms with E-state index in [2.05, 4.69) is 33.0 Å². The summed E-state index contributed by atoms with van der Waals surface area (Å²) in [5, 5.41) is 7.95. The summed E-state index contributed by atoms with van der Waals surface area (Å²) in [7, 11) is 0. The summed E-state index contributed by atoms with van der Waals surface area (Å²) in [6.45, 7) is 5.14. The molecule has 0 spiro atoms. The Kier molecular flexibility index (Phi) is 6.88. The number of rotatable bonds is 5. The lowest BCUT2D eigenvalue weighted by Gasteiger charge is -2.31. The first-order chi connectivity index (χ1) is 13.0. The molecule has 2 amide bonds. The Bertz CT molecular complexity index is 787. The Morgan fingerprint density at radius 3 is 2.67 bits per heavy atom. The maximum atomic E-state index is 12.0. The molecule has 144 valence electrons. The Hall–Kier alpha value is -1.89. The zero-order valence-corrected chi connectivity index (χ0v) is 16.9. The van der Waals surface area contributed by atoms with E-state index in [4.69, 9.17) is 11.6 Å². The second-order valence-electron chi connectivity index (χ2n) is 6.81. The topological polar surface area (TPSA) is 61.4 Å². The van der Waals surface area contributed by atoms with Crippen LogP contribution in [0.5, 0.6) is 0 Å². The number of aryl methyl sites for hydroxylation is 1. The summed E-state index contributed by atoms with van der Waals surface area (Å²) in [5.74, 6) is -0.644. The van der Waals surface area contributed by atoms with Crippen LogP contribution in [-0.4, -0.2) is 42.9 Å². The number of likely N-dealkylation sites (tertiary alicyclic amines) is 1. The number of piperidine rings is 1. The van der Waals surface area contributed by atoms with E-state index in [9.17, 15) is 9.59 Å². The summed E-state index contributed by atoms with van der Waals surface area (Å²) >= 11 is 7.86. The van der Waals surface area contributed by atoms with Gasteiger partial charge < -0.3 is 15.5 Å². The highest BCUT2D eigenvalue weighted by molar-refractivity contribution is 7.10. The van der Waals surface area contributed by atoms with E-state index in [0.717, 1.165) is 38.0 Å². The quantitative estimate of drug-likeness (QED) is 0.746. The smallest absolute Gasteiger partial charge is 0.313 e. The summed E-state index contributed by atoms with van der Waals surface area (Å²) in [6.07, 6.45) is 2.28. The molecule has 2 aromatic rings. The first-order valence-electron chi connectivity index (χ1n) is 9.14. The predicted molar refractivity (Wildman–Crippen MR) is 111 cm³/mol. The maximum absolute atomic E-state index is 12.0. The average Bonchev–Trinajstić information content (AvgIpc) is 3.20. The van der Waals surface area contributed by atoms with Gasteiger partial charge in [0.15, 0.2) is 0 Å². The molecule has 2 heterocycles. The number of nitrogens with zero attached hydrogens (tertiary/aromatic N) is 1. The van der Waals surface area contributed by atoms with Crippen LogP contribution in [0.3, 0.4) is 0 Å². The third-order valence-corrected chi connectivity index (χ3v) is 6.32. The summed E-state index contributed by atoms with van der Waals surface area (Å²) in [4.78, 5) is 27.8. The first kappa shape index (κ1) is 19.9. The van der Waals surface area contributed by atoms with Crippen molar-refractivity contribution in [3.8, 4) is 0 Å². The van der Waals surface area contributed by atoms with Crippen molar-refractivity contribution in [2.24, 2.45) is 0 Å². The van der Waals surface area contributed by atoms with Gasteiger partial charge in [-0.1, -0.05) is 23.7 Å². The molecule has 7 heteroatoms. The number of thiophene rings is 1. The van der Waals surface area contributed by atoms with Gasteiger partial charge in [-0.25, -0.2) is 0 Å². The lowest BCUT2D eigenvalue weighted by atomic mass is 9.95. The van der Waals surface area contributed by atoms with E-state index < -0.39 is 11.8 Å². The van der Waals surface area contributed by atoms with Gasteiger partial charge in [0.25, 0.3) is 0 Å². The third-order valence-electron chi connectivity index (χ3n) is 4.88. The summed E-state index contributed by atoms with van der Waals surface area (Å²) in [6, 6.07) is 9.49. The highest BCUT2D eigenvalue weighted by Crippen LogP contribution is 2.30. The van der Waals surface area contributed by atoms with Crippen molar-refractivity contribution in [2.75, 3.05) is 31.5 Å². The van der Waals surface area contributed by atoms with Gasteiger partial charge >= 0.3 is 11.8 Å². The number of halogens is 1. The van der Waals surface area contributed by atoms with Crippen molar-refractivity contribution >= 4 is 40.4 Å². The van der Waals surface area contributed by atoms with Crippen LogP contribution in [0, 0.1) is 6.92 Å². The number of benzene rings is 1. The Labute approximate surface area is 168 Å². The molecule has 1 aliphatic heterocycles. The van der Waals surface area contributed by atoms with Crippen LogP contribution in [0.2, 0.25) is 5.02 Å². The Balaban J connectivity index is 1.37. The summed E-state index contributed by atoms with van der Waals surface area (Å²) in [5.41, 5.74) is 1.43. The Morgan fingerprint density at radius 1 is 1.22 bits per heavy atom. The number of carbonyl (C=O) groups is 2. The lowest BCUT2D eigenvalue weighted by molar-refractivity contribution is -0.136. The minimum absolute atomic E-state index is 0.463. The highest BCUT2D eigenvalue weighted by atomic mass is 35.5. The molecule has 1 aromatic heterocycles. The molecule has 5 nitrogen and oxygen atoms in total. The van der Waals surface area contributed by atoms with Crippen molar-refractivity contribution in [2.45, 2.75) is 25.7 Å². The average molecular weight is 406 g/mol. The van der Waals surface area contributed by atoms with Gasteiger partial charge in [0, 0.05) is 28.7 Å². The van der Waals surface area contributed by atoms with E-state index >= 15 is 0 Å². The monoisotopic (exact) mass is 405 g/mol. The zero-order chi connectivity index (χ0) is 19.2. The predicted octanol–water partition coefficient (Wildman–Crippen LogP) is 3.64. The number of hydrogen-bond donors (Lipinski definition) is 2. The van der Waals surface area contributed by atoms with Crippen molar-refractivity contribution in [1.82, 2.24) is 10.2 Å². The van der Waals surface area contributed by atoms with Crippen molar-refractivity contribution in [1.29, 1.82) is 0 Å². The largest absolute Gasteiger partial charge is 0.347 e. The maximum Gasteiger partial charge on any atom is 0.313 e. The van der Waals surface area contributed by atoms with E-state index in [0.29, 0.717) is 23.2 Å². The van der Waals surface area contributed by atoms with E-state index in [1.165, 1.54) is 4.88 Å². The fraction of sp³-hybridized carbons (Fsp3) is 0.400. The van der Waals surface area contributed by atoms with E-state index in [1.807, 2.05) is 18.3 Å². The molecular formula is C20H24ClN3O2S. The zero-order valence-electron chi connectivity index (χ0n) is 15.3. The fourth-order valence-electron chi connectivity index (χ4n) is 3.23. The van der Waals surface area contributed by atoms with Crippen molar-refractivity contribution < 1.29 is 9.59 Å². The molecule has 3 rings (SSSR count). The normalized spacial score (nSPS) is 15.5. The van der Waals surface area contributed by atoms with Crippen LogP contribution in [0.25, 0.3) is 0 Å². The van der Waals surface area contributed by atoms with Crippen LogP contribution in [0.1, 0.15) is 29.2 Å². The van der Waals surface area contributed by atoms with Gasteiger partial charge in [0.2, 0.25) is 0 Å². The number of anilines is 1. The molecule has 0 unspecified atom stereocenters. The van der Waals surface area contributed by atoms with Gasteiger partial charge in [-0.3, -0.25) is 9.59 Å². The minimum atomic E-state index is -0.675. The molecule has 1 aliphatic rings. The van der Waals surface area contributed by atoms with Gasteiger partial charge in [-0.15, -0.1) is 11.3 Å². The van der Waals surface area contributed by atoms with E-state index in [-0.39, 0.29) is 0 Å². The molecule has 1 fully saturated rings. The highest BCUT2D eigenvalue weighted by Gasteiger charge is 2.21. The molecule has 0 aliphatic carbocycles. The molecule has 2 N–H and O–H groups in total. The number of carbonyl (C=O) groups excluding carboxylic acids is 2. The molecule has 1 aromatic carbocycles. The molecule has 0 radical (unpaired) electrons. The van der Waals surface area contributed by atoms with Gasteiger partial charge in [-0.2, -0.15) is 0 Å². The minimum Gasteiger partial charge on any atom is -0.347 e. The second-order valence-corrected chi connectivity index (χ2v) is 8.19. The van der Waals surface area contributed by atoms with Crippen molar-refractivity contribution in [3.63, 3.8) is 0 Å². The molecule has 1 saturated heterocycles. The molecule has 0 atom stereocenters. The van der Waals surface area contributed by atoms with Crippen LogP contribution in [0.15, 0.2) is 35.7 Å². The number of hydrogen-bond acceptors (Lipinski definition) is 4. The van der Waals surface area contributed by atoms with Gasteiger partial charge in [0.1, 0.15) is 0 Å². The second kappa shape index (κ2) is 9.35. The van der Waals surface area contributed by atoms with Gasteiger partial charge in [0.05, 0.1) is 0 Å². The SMILES string of the molecule is Cc1ccc(NC(=O)C(=O)NCCN2CCC(c3cccs3)CC2)cc1Cl. The Morgan fingerprint density at radius 2 is 2.00 bits per heavy atom. The standard InChI is InChI=1S/C20H24ClN3O2S/c1-14-4-5-16(13-17(14)21)23-20(26)19(25)22-8-11-24-9-6-15(7-10-24)18-3-2-12-27-18/h2-5,12-13,15H,6-11H2,1H3,(H,22,25)(H,23,26). The van der Waals surface area contributed by atoms with Crippen LogP contribution in [0.4, 0.5) is 5.69 Å². The van der Waals surface area contributed by atoms with Crippen LogP contribution >= 0.6 is 22.9 Å². The fourth-order valence-corrected chi connectivity index (χ4v) is 4.31. The van der Waals surface area contributed by atoms with Gasteiger partial charge in [-0.05, 0) is 67.9 Å². The van der Waals surface area contributed by atoms with Crippen LogP contribution < -0.4 is 10.6 Å². The molecule has 0 bridgehead atoms. The van der Waals surface area contributed by atoms with Crippen molar-refractivity contribution in [3.05, 3.63) is 51.2 Å². The van der Waals surface area contributed by atoms with E-state index in [1.54, 1.807) is 18.2 Å². The number of amides is 2. The lowest BCUT2D eigenvalue weighted by Crippen LogP contribution is -2.42. The first-order valence-corrected chi connectivity index (χ1v) is 10.4. The molecule has 0 saturated carbocycles. The third kappa shape index (κ3) is 5.54. The van der Waals surface area contributed by atoms with Crippen LogP contribution in [-0.2, 0) is 9.59 Å². The molecular weight excluding hydrogens is 382 g/mol.